The van der Waals surface area contributed by atoms with Crippen molar-refractivity contribution in [3.63, 3.8) is 0 Å². The Morgan fingerprint density at radius 2 is 1.45 bits per heavy atom. The summed E-state index contributed by atoms with van der Waals surface area (Å²) in [5, 5.41) is 14.1. The van der Waals surface area contributed by atoms with Crippen LogP contribution in [0.2, 0.25) is 0 Å². The predicted molar refractivity (Wildman–Crippen MR) is 218 cm³/mol. The Kier molecular flexibility index (Phi) is 25.4. The molecule has 55 heavy (non-hydrogen) atoms. The van der Waals surface area contributed by atoms with Gasteiger partial charge in [0.05, 0.1) is 49.2 Å². The van der Waals surface area contributed by atoms with E-state index in [4.69, 9.17) is 14.6 Å². The molecule has 0 radical (unpaired) electrons. The Bertz CT molecular complexity index is 1280. The largest absolute Gasteiger partial charge is 0.480 e. The Balaban J connectivity index is 0.00000253. The summed E-state index contributed by atoms with van der Waals surface area (Å²) >= 11 is 0. The SMILES string of the molecule is CCC.CCC(C)C(C(CC(=O)N1CCCC1C(OC)C(C)C(=O)NCC(=O)O)OC)N(C)C(=O)CNC(=O)C(C(C)C)N(C)C(C)C.Cc1ccccc1. The number of carboxylic acids is 1. The third-order valence-corrected chi connectivity index (χ3v) is 10.2. The Morgan fingerprint density at radius 1 is 0.891 bits per heavy atom. The molecule has 1 saturated heterocycles. The molecule has 316 valence electrons. The summed E-state index contributed by atoms with van der Waals surface area (Å²) < 4.78 is 11.6. The van der Waals surface area contributed by atoms with E-state index in [9.17, 15) is 24.0 Å². The highest BCUT2D eigenvalue weighted by Gasteiger charge is 2.42. The molecule has 3 N–H and O–H groups in total. The van der Waals surface area contributed by atoms with Crippen LogP contribution in [0.25, 0.3) is 0 Å². The van der Waals surface area contributed by atoms with Gasteiger partial charge >= 0.3 is 5.97 Å². The van der Waals surface area contributed by atoms with Crippen LogP contribution in [0.1, 0.15) is 100.0 Å². The summed E-state index contributed by atoms with van der Waals surface area (Å²) in [6.07, 6.45) is 2.11. The van der Waals surface area contributed by atoms with Gasteiger partial charge in [0, 0.05) is 33.9 Å². The average Bonchev–Trinajstić information content (AvgIpc) is 3.63. The number of nitrogens with zero attached hydrogens (tertiary/aromatic N) is 3. The second-order valence-corrected chi connectivity index (χ2v) is 15.3. The minimum Gasteiger partial charge on any atom is -0.480 e. The maximum Gasteiger partial charge on any atom is 0.322 e. The molecule has 7 unspecified atom stereocenters. The molecule has 1 aromatic carbocycles. The highest BCUT2D eigenvalue weighted by Crippen LogP contribution is 2.29. The molecule has 1 aliphatic rings. The number of methoxy groups -OCH3 is 2. The van der Waals surface area contributed by atoms with Gasteiger partial charge in [-0.3, -0.25) is 28.9 Å². The van der Waals surface area contributed by atoms with Gasteiger partial charge in [-0.25, -0.2) is 0 Å². The summed E-state index contributed by atoms with van der Waals surface area (Å²) in [5.41, 5.74) is 1.32. The lowest BCUT2D eigenvalue weighted by Crippen LogP contribution is -2.55. The number of hydrogen-bond acceptors (Lipinski definition) is 8. The fourth-order valence-electron chi connectivity index (χ4n) is 6.85. The number of carbonyl (C=O) groups excluding carboxylic acids is 4. The molecule has 0 aromatic heterocycles. The van der Waals surface area contributed by atoms with Crippen molar-refractivity contribution >= 4 is 29.6 Å². The van der Waals surface area contributed by atoms with Crippen LogP contribution in [-0.4, -0.2) is 134 Å². The minimum absolute atomic E-state index is 0.0105. The number of carbonyl (C=O) groups is 5. The molecule has 1 aliphatic heterocycles. The molecule has 1 aromatic rings. The van der Waals surface area contributed by atoms with E-state index < -0.39 is 42.6 Å². The molecule has 1 fully saturated rings. The molecule has 1 heterocycles. The summed E-state index contributed by atoms with van der Waals surface area (Å²) in [6.45, 7) is 19.8. The third kappa shape index (κ3) is 17.4. The molecule has 0 spiro atoms. The van der Waals surface area contributed by atoms with Crippen LogP contribution >= 0.6 is 0 Å². The van der Waals surface area contributed by atoms with E-state index in [1.165, 1.54) is 26.2 Å². The topological polar surface area (TPSA) is 158 Å². The van der Waals surface area contributed by atoms with Gasteiger partial charge in [0.1, 0.15) is 6.54 Å². The molecular weight excluding hydrogens is 702 g/mol. The summed E-state index contributed by atoms with van der Waals surface area (Å²) in [6, 6.07) is 9.22. The van der Waals surface area contributed by atoms with Crippen molar-refractivity contribution in [3.05, 3.63) is 35.9 Å². The molecule has 13 heteroatoms. The first kappa shape index (κ1) is 51.5. The Labute approximate surface area is 332 Å². The van der Waals surface area contributed by atoms with Gasteiger partial charge in [0.15, 0.2) is 0 Å². The molecular formula is C42H75N5O8. The number of carboxylic acid groups (broad SMARTS) is 1. The van der Waals surface area contributed by atoms with E-state index in [0.717, 1.165) is 12.8 Å². The van der Waals surface area contributed by atoms with Crippen molar-refractivity contribution in [2.75, 3.05) is 47.9 Å². The van der Waals surface area contributed by atoms with Crippen LogP contribution < -0.4 is 10.6 Å². The summed E-state index contributed by atoms with van der Waals surface area (Å²) in [7, 11) is 6.58. The third-order valence-electron chi connectivity index (χ3n) is 10.2. The second-order valence-electron chi connectivity index (χ2n) is 15.3. The van der Waals surface area contributed by atoms with E-state index in [2.05, 4.69) is 43.5 Å². The van der Waals surface area contributed by atoms with E-state index in [-0.39, 0.29) is 60.6 Å². The van der Waals surface area contributed by atoms with Crippen molar-refractivity contribution in [2.24, 2.45) is 17.8 Å². The first-order valence-electron chi connectivity index (χ1n) is 20.0. The van der Waals surface area contributed by atoms with Crippen molar-refractivity contribution in [3.8, 4) is 0 Å². The molecule has 2 rings (SSSR count). The number of benzene rings is 1. The van der Waals surface area contributed by atoms with Gasteiger partial charge in [-0.1, -0.05) is 97.2 Å². The van der Waals surface area contributed by atoms with Crippen molar-refractivity contribution in [2.45, 2.75) is 138 Å². The van der Waals surface area contributed by atoms with Crippen molar-refractivity contribution in [1.82, 2.24) is 25.3 Å². The molecule has 0 aliphatic carbocycles. The average molecular weight is 778 g/mol. The zero-order valence-electron chi connectivity index (χ0n) is 36.4. The van der Waals surface area contributed by atoms with E-state index in [1.54, 1.807) is 23.8 Å². The van der Waals surface area contributed by atoms with Crippen LogP contribution in [-0.2, 0) is 33.4 Å². The monoisotopic (exact) mass is 778 g/mol. The highest BCUT2D eigenvalue weighted by molar-refractivity contribution is 5.88. The van der Waals surface area contributed by atoms with Crippen LogP contribution in [0.5, 0.6) is 0 Å². The number of ether oxygens (including phenoxy) is 2. The number of likely N-dealkylation sites (N-methyl/N-ethyl adjacent to an activating group) is 2. The second kappa shape index (κ2) is 27.1. The zero-order valence-corrected chi connectivity index (χ0v) is 36.4. The van der Waals surface area contributed by atoms with Gasteiger partial charge in [0.25, 0.3) is 0 Å². The van der Waals surface area contributed by atoms with E-state index in [0.29, 0.717) is 13.0 Å². The van der Waals surface area contributed by atoms with E-state index >= 15 is 0 Å². The zero-order chi connectivity index (χ0) is 42.4. The minimum atomic E-state index is -1.15. The fraction of sp³-hybridized carbons (Fsp3) is 0.738. The smallest absolute Gasteiger partial charge is 0.322 e. The first-order valence-corrected chi connectivity index (χ1v) is 20.0. The number of amides is 4. The van der Waals surface area contributed by atoms with Gasteiger partial charge < -0.3 is 35.0 Å². The van der Waals surface area contributed by atoms with Crippen LogP contribution in [0.4, 0.5) is 0 Å². The fourth-order valence-corrected chi connectivity index (χ4v) is 6.85. The van der Waals surface area contributed by atoms with Gasteiger partial charge in [0.2, 0.25) is 23.6 Å². The van der Waals surface area contributed by atoms with Gasteiger partial charge in [-0.05, 0) is 52.5 Å². The normalized spacial score (nSPS) is 17.1. The number of aliphatic carboxylic acids is 1. The lowest BCUT2D eigenvalue weighted by atomic mass is 9.90. The molecule has 13 nitrogen and oxygen atoms in total. The van der Waals surface area contributed by atoms with Gasteiger partial charge in [-0.15, -0.1) is 0 Å². The van der Waals surface area contributed by atoms with Crippen LogP contribution in [0.3, 0.4) is 0 Å². The van der Waals surface area contributed by atoms with Crippen molar-refractivity contribution in [1.29, 1.82) is 0 Å². The van der Waals surface area contributed by atoms with Crippen molar-refractivity contribution < 1.29 is 38.6 Å². The van der Waals surface area contributed by atoms with Crippen LogP contribution in [0.15, 0.2) is 30.3 Å². The maximum atomic E-state index is 13.8. The quantitative estimate of drug-likeness (QED) is 0.176. The number of nitrogens with one attached hydrogen (secondary N) is 2. The Hall–Kier alpha value is -3.55. The van der Waals surface area contributed by atoms with Crippen LogP contribution in [0, 0.1) is 24.7 Å². The Morgan fingerprint density at radius 3 is 1.89 bits per heavy atom. The summed E-state index contributed by atoms with van der Waals surface area (Å²) in [5.74, 6) is -2.92. The molecule has 7 atom stereocenters. The van der Waals surface area contributed by atoms with Gasteiger partial charge in [-0.2, -0.15) is 0 Å². The number of hydrogen-bond donors (Lipinski definition) is 3. The number of likely N-dealkylation sites (tertiary alicyclic amines) is 1. The first-order chi connectivity index (χ1) is 25.8. The number of aryl methyl sites for hydroxylation is 1. The lowest BCUT2D eigenvalue weighted by Gasteiger charge is -2.39. The number of rotatable bonds is 19. The molecule has 0 saturated carbocycles. The molecule has 4 amide bonds. The standard InChI is InChI=1S/C32H59N5O8.C7H8.C3H8/c1-12-21(6)29(36(9)26(39)17-33-32(43)28(19(2)3)35(8)20(4)5)24(44-10)16-25(38)37-15-13-14-23(37)30(45-11)22(7)31(42)34-18-27(40)41;1-7-5-3-2-4-6-7;1-3-2/h19-24,28-30H,12-18H2,1-11H3,(H,33,43)(H,34,42)(H,40,41);2-6H,1H3;3H2,1-2H3. The highest BCUT2D eigenvalue weighted by atomic mass is 16.5. The predicted octanol–water partition coefficient (Wildman–Crippen LogP) is 5.00. The lowest BCUT2D eigenvalue weighted by molar-refractivity contribution is -0.146. The van der Waals surface area contributed by atoms with E-state index in [1.807, 2.05) is 71.7 Å². The summed E-state index contributed by atoms with van der Waals surface area (Å²) in [4.78, 5) is 69.2. The maximum absolute atomic E-state index is 13.8. The molecule has 0 bridgehead atoms.